The second-order valence-corrected chi connectivity index (χ2v) is 4.23. The molecular weight excluding hydrogens is 289 g/mol. The molecule has 20 heavy (non-hydrogen) atoms. The average molecular weight is 298 g/mol. The first-order valence-corrected chi connectivity index (χ1v) is 5.84. The molecule has 3 N–H and O–H groups in total. The van der Waals surface area contributed by atoms with Gasteiger partial charge < -0.3 is 11.1 Å². The molecule has 0 amide bonds. The molecule has 0 aliphatic carbocycles. The minimum atomic E-state index is -4.48. The fraction of sp³-hybridized carbons (Fsp3) is 0.0833. The number of alkyl halides is 3. The van der Waals surface area contributed by atoms with E-state index in [2.05, 4.69) is 15.3 Å². The van der Waals surface area contributed by atoms with Gasteiger partial charge in [-0.1, -0.05) is 24.4 Å². The summed E-state index contributed by atoms with van der Waals surface area (Å²) >= 11 is 4.79. The lowest BCUT2D eigenvalue weighted by Crippen LogP contribution is -2.16. The van der Waals surface area contributed by atoms with Crippen molar-refractivity contribution >= 4 is 28.7 Å². The van der Waals surface area contributed by atoms with Crippen LogP contribution in [0.3, 0.4) is 0 Å². The van der Waals surface area contributed by atoms with Gasteiger partial charge in [0.05, 0.1) is 11.3 Å². The smallest absolute Gasteiger partial charge is 0.388 e. The number of nitrogens with zero attached hydrogens (tertiary/aromatic N) is 2. The fourth-order valence-corrected chi connectivity index (χ4v) is 1.73. The van der Waals surface area contributed by atoms with E-state index in [1.807, 2.05) is 0 Å². The highest BCUT2D eigenvalue weighted by molar-refractivity contribution is 7.80. The third kappa shape index (κ3) is 3.02. The summed E-state index contributed by atoms with van der Waals surface area (Å²) in [4.78, 5) is 7.75. The van der Waals surface area contributed by atoms with Gasteiger partial charge in [-0.05, 0) is 12.1 Å². The van der Waals surface area contributed by atoms with Gasteiger partial charge in [-0.25, -0.2) is 9.97 Å². The minimum Gasteiger partial charge on any atom is -0.388 e. The van der Waals surface area contributed by atoms with E-state index in [4.69, 9.17) is 18.0 Å². The summed E-state index contributed by atoms with van der Waals surface area (Å²) in [6.07, 6.45) is -1.79. The maximum absolute atomic E-state index is 12.9. The van der Waals surface area contributed by atoms with E-state index in [9.17, 15) is 13.2 Å². The van der Waals surface area contributed by atoms with Gasteiger partial charge in [0.1, 0.15) is 10.7 Å². The van der Waals surface area contributed by atoms with Crippen molar-refractivity contribution in [2.75, 3.05) is 5.32 Å². The van der Waals surface area contributed by atoms with Gasteiger partial charge in [0.15, 0.2) is 5.82 Å². The van der Waals surface area contributed by atoms with Crippen molar-refractivity contribution < 1.29 is 13.2 Å². The molecule has 1 aromatic heterocycles. The van der Waals surface area contributed by atoms with E-state index in [1.54, 1.807) is 0 Å². The van der Waals surface area contributed by atoms with Crippen LogP contribution in [0, 0.1) is 0 Å². The Morgan fingerprint density at radius 2 is 1.80 bits per heavy atom. The number of nitrogens with one attached hydrogen (secondary N) is 1. The van der Waals surface area contributed by atoms with Crippen LogP contribution in [0.1, 0.15) is 11.3 Å². The van der Waals surface area contributed by atoms with Crippen molar-refractivity contribution in [3.05, 3.63) is 47.9 Å². The highest BCUT2D eigenvalue weighted by Gasteiger charge is 2.33. The van der Waals surface area contributed by atoms with Crippen molar-refractivity contribution in [3.8, 4) is 0 Å². The lowest BCUT2D eigenvalue weighted by molar-refractivity contribution is -0.136. The quantitative estimate of drug-likeness (QED) is 0.853. The molecule has 0 fully saturated rings. The van der Waals surface area contributed by atoms with E-state index < -0.39 is 11.7 Å². The predicted octanol–water partition coefficient (Wildman–Crippen LogP) is 2.87. The van der Waals surface area contributed by atoms with Gasteiger partial charge in [0.25, 0.3) is 0 Å². The zero-order chi connectivity index (χ0) is 14.8. The standard InChI is InChI=1S/C12H9F3N4S/c13-12(14,15)7-3-1-2-4-8(7)19-11-9(10(16)20)17-5-6-18-11/h1-6H,(H2,16,20)(H,18,19). The molecule has 0 radical (unpaired) electrons. The Bertz CT molecular complexity index is 643. The van der Waals surface area contributed by atoms with Crippen LogP contribution in [0.25, 0.3) is 0 Å². The van der Waals surface area contributed by atoms with Crippen LogP contribution in [0.5, 0.6) is 0 Å². The Morgan fingerprint density at radius 3 is 2.45 bits per heavy atom. The van der Waals surface area contributed by atoms with Crippen LogP contribution >= 0.6 is 12.2 Å². The largest absolute Gasteiger partial charge is 0.418 e. The Balaban J connectivity index is 2.44. The number of hydrogen-bond donors (Lipinski definition) is 2. The van der Waals surface area contributed by atoms with Crippen molar-refractivity contribution in [1.29, 1.82) is 0 Å². The molecule has 0 spiro atoms. The SMILES string of the molecule is NC(=S)c1nccnc1Nc1ccccc1C(F)(F)F. The number of para-hydroxylation sites is 1. The van der Waals surface area contributed by atoms with Crippen molar-refractivity contribution in [2.45, 2.75) is 6.18 Å². The molecule has 1 heterocycles. The number of aromatic nitrogens is 2. The van der Waals surface area contributed by atoms with Gasteiger partial charge in [-0.15, -0.1) is 0 Å². The van der Waals surface area contributed by atoms with Gasteiger partial charge in [-0.3, -0.25) is 0 Å². The lowest BCUT2D eigenvalue weighted by Gasteiger charge is -2.14. The van der Waals surface area contributed by atoms with Crippen LogP contribution in [-0.2, 0) is 6.18 Å². The lowest BCUT2D eigenvalue weighted by atomic mass is 10.1. The summed E-state index contributed by atoms with van der Waals surface area (Å²) in [7, 11) is 0. The molecule has 0 unspecified atom stereocenters. The van der Waals surface area contributed by atoms with Gasteiger partial charge in [0.2, 0.25) is 0 Å². The Morgan fingerprint density at radius 1 is 1.15 bits per heavy atom. The van der Waals surface area contributed by atoms with E-state index in [0.717, 1.165) is 6.07 Å². The van der Waals surface area contributed by atoms with Crippen molar-refractivity contribution in [2.24, 2.45) is 5.73 Å². The fourth-order valence-electron chi connectivity index (χ4n) is 1.58. The molecular formula is C12H9F3N4S. The average Bonchev–Trinajstić information content (AvgIpc) is 2.38. The maximum atomic E-state index is 12.9. The molecule has 8 heteroatoms. The number of nitrogens with two attached hydrogens (primary N) is 1. The van der Waals surface area contributed by atoms with Gasteiger partial charge >= 0.3 is 6.18 Å². The van der Waals surface area contributed by atoms with E-state index in [1.165, 1.54) is 30.6 Å². The summed E-state index contributed by atoms with van der Waals surface area (Å²) in [6.45, 7) is 0. The van der Waals surface area contributed by atoms with Gasteiger partial charge in [0, 0.05) is 12.4 Å². The first kappa shape index (κ1) is 14.2. The Labute approximate surface area is 117 Å². The number of halogens is 3. The number of thiocarbonyl (C=S) groups is 1. The van der Waals surface area contributed by atoms with E-state index in [0.29, 0.717) is 0 Å². The topological polar surface area (TPSA) is 63.8 Å². The predicted molar refractivity (Wildman–Crippen MR) is 72.6 cm³/mol. The van der Waals surface area contributed by atoms with Crippen LogP contribution in [0.15, 0.2) is 36.7 Å². The number of benzene rings is 1. The summed E-state index contributed by atoms with van der Waals surface area (Å²) in [5.74, 6) is 0.0803. The van der Waals surface area contributed by atoms with E-state index >= 15 is 0 Å². The molecule has 0 saturated carbocycles. The molecule has 0 saturated heterocycles. The summed E-state index contributed by atoms with van der Waals surface area (Å²) in [6, 6.07) is 5.05. The molecule has 1 aromatic carbocycles. The second kappa shape index (κ2) is 5.41. The molecule has 2 aromatic rings. The molecule has 0 atom stereocenters. The molecule has 2 rings (SSSR count). The summed E-state index contributed by atoms with van der Waals surface area (Å²) in [5.41, 5.74) is 4.65. The normalized spacial score (nSPS) is 11.2. The first-order valence-electron chi connectivity index (χ1n) is 5.43. The summed E-state index contributed by atoms with van der Waals surface area (Å²) < 4.78 is 38.7. The molecule has 4 nitrogen and oxygen atoms in total. The van der Waals surface area contributed by atoms with Crippen LogP contribution < -0.4 is 11.1 Å². The zero-order valence-electron chi connectivity index (χ0n) is 9.98. The van der Waals surface area contributed by atoms with E-state index in [-0.39, 0.29) is 22.2 Å². The Hall–Kier alpha value is -2.22. The van der Waals surface area contributed by atoms with Crippen molar-refractivity contribution in [3.63, 3.8) is 0 Å². The zero-order valence-corrected chi connectivity index (χ0v) is 10.8. The molecule has 0 bridgehead atoms. The van der Waals surface area contributed by atoms with Gasteiger partial charge in [-0.2, -0.15) is 13.2 Å². The monoisotopic (exact) mass is 298 g/mol. The molecule has 0 aliphatic heterocycles. The number of hydrogen-bond acceptors (Lipinski definition) is 4. The van der Waals surface area contributed by atoms with Crippen molar-refractivity contribution in [1.82, 2.24) is 9.97 Å². The summed E-state index contributed by atoms with van der Waals surface area (Å²) in [5, 5.41) is 2.57. The minimum absolute atomic E-state index is 0.0508. The van der Waals surface area contributed by atoms with Crippen LogP contribution in [-0.4, -0.2) is 15.0 Å². The molecule has 104 valence electrons. The highest BCUT2D eigenvalue weighted by atomic mass is 32.1. The second-order valence-electron chi connectivity index (χ2n) is 3.79. The van der Waals surface area contributed by atoms with Crippen LogP contribution in [0.4, 0.5) is 24.7 Å². The third-order valence-corrected chi connectivity index (χ3v) is 2.61. The highest BCUT2D eigenvalue weighted by Crippen LogP contribution is 2.35. The number of anilines is 2. The number of rotatable bonds is 3. The first-order chi connectivity index (χ1) is 9.39. The third-order valence-electron chi connectivity index (χ3n) is 2.42. The Kier molecular flexibility index (Phi) is 3.84. The molecule has 0 aliphatic rings. The maximum Gasteiger partial charge on any atom is 0.418 e. The van der Waals surface area contributed by atoms with Crippen LogP contribution in [0.2, 0.25) is 0 Å².